The van der Waals surface area contributed by atoms with Gasteiger partial charge in [-0.1, -0.05) is 12.2 Å². The lowest BCUT2D eigenvalue weighted by Gasteiger charge is -2.24. The molecular weight excluding hydrogens is 316 g/mol. The van der Waals surface area contributed by atoms with Crippen molar-refractivity contribution in [2.24, 2.45) is 7.05 Å². The van der Waals surface area contributed by atoms with Crippen molar-refractivity contribution >= 4 is 32.5 Å². The molecule has 0 bridgehead atoms. The maximum atomic E-state index is 11.7. The Hall–Kier alpha value is -1.81. The number of rotatable bonds is 5. The van der Waals surface area contributed by atoms with Gasteiger partial charge in [0.05, 0.1) is 15.7 Å². The molecule has 2 aromatic rings. The second-order valence-corrected chi connectivity index (χ2v) is 5.34. The fourth-order valence-electron chi connectivity index (χ4n) is 2.23. The van der Waals surface area contributed by atoms with Gasteiger partial charge < -0.3 is 9.47 Å². The second kappa shape index (κ2) is 6.09. The molecule has 3 nitrogen and oxygen atoms in total. The van der Waals surface area contributed by atoms with Crippen LogP contribution in [0.5, 0.6) is 0 Å². The number of hydrogen-bond donors (Lipinski definition) is 0. The van der Waals surface area contributed by atoms with Crippen LogP contribution in [0.15, 0.2) is 58.8 Å². The molecule has 0 aliphatic rings. The summed E-state index contributed by atoms with van der Waals surface area (Å²) in [5, 5.41) is 1.02. The van der Waals surface area contributed by atoms with Gasteiger partial charge in [-0.05, 0) is 34.1 Å². The molecule has 0 N–H and O–H groups in total. The molecule has 104 valence electrons. The van der Waals surface area contributed by atoms with Crippen molar-refractivity contribution in [3.05, 3.63) is 64.4 Å². The first kappa shape index (κ1) is 14.6. The lowest BCUT2D eigenvalue weighted by molar-refractivity contribution is 0.904. The van der Waals surface area contributed by atoms with Gasteiger partial charge in [0.2, 0.25) is 0 Å². The van der Waals surface area contributed by atoms with E-state index in [1.807, 2.05) is 30.4 Å². The molecule has 0 radical (unpaired) electrons. The molecule has 0 fully saturated rings. The minimum absolute atomic E-state index is 0.00816. The molecule has 0 aliphatic heterocycles. The van der Waals surface area contributed by atoms with Crippen LogP contribution in [0.2, 0.25) is 0 Å². The molecule has 0 spiro atoms. The van der Waals surface area contributed by atoms with Crippen molar-refractivity contribution in [3.63, 3.8) is 0 Å². The number of aryl methyl sites for hydroxylation is 1. The summed E-state index contributed by atoms with van der Waals surface area (Å²) in [6, 6.07) is 7.42. The second-order valence-electron chi connectivity index (χ2n) is 4.54. The van der Waals surface area contributed by atoms with Gasteiger partial charge in [-0.2, -0.15) is 0 Å². The smallest absolute Gasteiger partial charge is 0.250 e. The predicted molar refractivity (Wildman–Crippen MR) is 89.5 cm³/mol. The Labute approximate surface area is 127 Å². The quantitative estimate of drug-likeness (QED) is 0.783. The van der Waals surface area contributed by atoms with Crippen molar-refractivity contribution in [2.45, 2.75) is 0 Å². The van der Waals surface area contributed by atoms with Crippen molar-refractivity contribution < 1.29 is 0 Å². The average molecular weight is 333 g/mol. The summed E-state index contributed by atoms with van der Waals surface area (Å²) in [5.74, 6) is 0. The Kier molecular flexibility index (Phi) is 4.45. The number of pyridine rings is 1. The lowest BCUT2D eigenvalue weighted by Crippen LogP contribution is -2.23. The highest BCUT2D eigenvalue weighted by Crippen LogP contribution is 2.33. The fraction of sp³-hybridized carbons (Fsp3) is 0.188. The van der Waals surface area contributed by atoms with Gasteiger partial charge in [-0.15, -0.1) is 13.2 Å². The summed E-state index contributed by atoms with van der Waals surface area (Å²) in [6.45, 7) is 9.05. The van der Waals surface area contributed by atoms with Crippen molar-refractivity contribution in [1.82, 2.24) is 4.57 Å². The number of hydrogen-bond acceptors (Lipinski definition) is 2. The number of nitrogens with zero attached hydrogens (tertiary/aromatic N) is 2. The van der Waals surface area contributed by atoms with E-state index < -0.39 is 0 Å². The van der Waals surface area contributed by atoms with Crippen LogP contribution in [0.25, 0.3) is 10.9 Å². The van der Waals surface area contributed by atoms with Gasteiger partial charge in [0.25, 0.3) is 5.56 Å². The SMILES string of the molecule is C=CCN(CC=C)c1ccc2c(ccc(=O)n2C)c1Br. The highest BCUT2D eigenvalue weighted by atomic mass is 79.9. The Morgan fingerprint density at radius 3 is 2.45 bits per heavy atom. The first-order valence-corrected chi connectivity index (χ1v) is 7.14. The van der Waals surface area contributed by atoms with Crippen LogP contribution < -0.4 is 10.5 Å². The van der Waals surface area contributed by atoms with Gasteiger partial charge in [-0.25, -0.2) is 0 Å². The van der Waals surface area contributed by atoms with E-state index in [1.54, 1.807) is 17.7 Å². The van der Waals surface area contributed by atoms with E-state index in [-0.39, 0.29) is 5.56 Å². The minimum Gasteiger partial charge on any atom is -0.363 e. The Morgan fingerprint density at radius 2 is 1.85 bits per heavy atom. The molecule has 4 heteroatoms. The first-order valence-electron chi connectivity index (χ1n) is 6.35. The molecule has 0 unspecified atom stereocenters. The third-order valence-electron chi connectivity index (χ3n) is 3.26. The molecule has 0 saturated heterocycles. The topological polar surface area (TPSA) is 25.2 Å². The third kappa shape index (κ3) is 2.56. The number of aromatic nitrogens is 1. The molecule has 1 aromatic heterocycles. The monoisotopic (exact) mass is 332 g/mol. The van der Waals surface area contributed by atoms with Crippen molar-refractivity contribution in [2.75, 3.05) is 18.0 Å². The molecule has 0 amide bonds. The summed E-state index contributed by atoms with van der Waals surface area (Å²) in [5.41, 5.74) is 1.97. The van der Waals surface area contributed by atoms with Crippen LogP contribution in [-0.4, -0.2) is 17.7 Å². The zero-order chi connectivity index (χ0) is 14.7. The summed E-state index contributed by atoms with van der Waals surface area (Å²) in [4.78, 5) is 13.8. The number of anilines is 1. The van der Waals surface area contributed by atoms with E-state index in [2.05, 4.69) is 34.0 Å². The lowest BCUT2D eigenvalue weighted by atomic mass is 10.1. The van der Waals surface area contributed by atoms with Crippen LogP contribution >= 0.6 is 15.9 Å². The highest BCUT2D eigenvalue weighted by Gasteiger charge is 2.12. The standard InChI is InChI=1S/C16H17BrN2O/c1-4-10-19(11-5-2)14-8-7-13-12(16(14)17)6-9-15(20)18(13)3/h4-9H,1-2,10-11H2,3H3. The van der Waals surface area contributed by atoms with Crippen molar-refractivity contribution in [1.29, 1.82) is 0 Å². The number of halogens is 1. The molecule has 0 atom stereocenters. The van der Waals surface area contributed by atoms with E-state index in [4.69, 9.17) is 0 Å². The summed E-state index contributed by atoms with van der Waals surface area (Å²) >= 11 is 3.66. The number of fused-ring (bicyclic) bond motifs is 1. The van der Waals surface area contributed by atoms with Crippen LogP contribution in [0.4, 0.5) is 5.69 Å². The number of benzene rings is 1. The zero-order valence-corrected chi connectivity index (χ0v) is 13.1. The molecule has 20 heavy (non-hydrogen) atoms. The highest BCUT2D eigenvalue weighted by molar-refractivity contribution is 9.10. The van der Waals surface area contributed by atoms with Crippen LogP contribution in [0.1, 0.15) is 0 Å². The zero-order valence-electron chi connectivity index (χ0n) is 11.5. The molecule has 2 rings (SSSR count). The Bertz CT molecular complexity index is 708. The van der Waals surface area contributed by atoms with Gasteiger partial charge >= 0.3 is 0 Å². The Morgan fingerprint density at radius 1 is 1.20 bits per heavy atom. The van der Waals surface area contributed by atoms with Gasteiger partial charge in [-0.3, -0.25) is 4.79 Å². The molecule has 0 aliphatic carbocycles. The first-order chi connectivity index (χ1) is 9.60. The predicted octanol–water partition coefficient (Wildman–Crippen LogP) is 3.48. The van der Waals surface area contributed by atoms with Gasteiger partial charge in [0.15, 0.2) is 0 Å². The third-order valence-corrected chi connectivity index (χ3v) is 4.09. The van der Waals surface area contributed by atoms with E-state index in [0.717, 1.165) is 34.2 Å². The molecule has 0 saturated carbocycles. The maximum Gasteiger partial charge on any atom is 0.250 e. The van der Waals surface area contributed by atoms with E-state index >= 15 is 0 Å². The van der Waals surface area contributed by atoms with Gasteiger partial charge in [0.1, 0.15) is 0 Å². The minimum atomic E-state index is -0.00816. The van der Waals surface area contributed by atoms with Gasteiger partial charge in [0, 0.05) is 31.6 Å². The van der Waals surface area contributed by atoms with Crippen LogP contribution in [0, 0.1) is 0 Å². The summed E-state index contributed by atoms with van der Waals surface area (Å²) < 4.78 is 2.63. The van der Waals surface area contributed by atoms with Crippen LogP contribution in [0.3, 0.4) is 0 Å². The van der Waals surface area contributed by atoms with E-state index in [1.165, 1.54) is 0 Å². The fourth-order valence-corrected chi connectivity index (χ4v) is 2.95. The molecule has 1 heterocycles. The summed E-state index contributed by atoms with van der Waals surface area (Å²) in [7, 11) is 1.78. The van der Waals surface area contributed by atoms with Crippen molar-refractivity contribution in [3.8, 4) is 0 Å². The summed E-state index contributed by atoms with van der Waals surface area (Å²) in [6.07, 6.45) is 3.72. The molecule has 1 aromatic carbocycles. The largest absolute Gasteiger partial charge is 0.363 e. The Balaban J connectivity index is 2.64. The normalized spacial score (nSPS) is 10.5. The average Bonchev–Trinajstić information content (AvgIpc) is 2.43. The molecular formula is C16H17BrN2O. The maximum absolute atomic E-state index is 11.7. The van der Waals surface area contributed by atoms with E-state index in [9.17, 15) is 4.79 Å². The van der Waals surface area contributed by atoms with Crippen LogP contribution in [-0.2, 0) is 7.05 Å². The van der Waals surface area contributed by atoms with E-state index in [0.29, 0.717) is 0 Å².